The van der Waals surface area contributed by atoms with Crippen LogP contribution >= 0.6 is 0 Å². The number of nitrogens with one attached hydrogen (secondary N) is 2. The highest BCUT2D eigenvalue weighted by molar-refractivity contribution is 6.27. The van der Waals surface area contributed by atoms with Crippen LogP contribution in [0.1, 0.15) is 49.9 Å². The molecule has 0 heterocycles. The first-order chi connectivity index (χ1) is 23.3. The summed E-state index contributed by atoms with van der Waals surface area (Å²) in [6.07, 6.45) is 0. The quantitative estimate of drug-likeness (QED) is 0.165. The van der Waals surface area contributed by atoms with Gasteiger partial charge in [-0.2, -0.15) is 0 Å². The SMILES string of the molecule is CC(C)(c1ccccc1)c1ccc(Nc2cc3ccc4cccc5ccc(c2Nc2ccc(C(C)(C)c6ccccc6)cc2)c3c45)cc1. The molecule has 48 heavy (non-hydrogen) atoms. The summed E-state index contributed by atoms with van der Waals surface area (Å²) in [7, 11) is 0. The Labute approximate surface area is 283 Å². The first-order valence-electron chi connectivity index (χ1n) is 16.9. The molecule has 234 valence electrons. The summed E-state index contributed by atoms with van der Waals surface area (Å²) < 4.78 is 0. The topological polar surface area (TPSA) is 24.1 Å². The van der Waals surface area contributed by atoms with Gasteiger partial charge in [0.1, 0.15) is 0 Å². The van der Waals surface area contributed by atoms with Crippen molar-refractivity contribution in [2.45, 2.75) is 38.5 Å². The lowest BCUT2D eigenvalue weighted by Gasteiger charge is -2.27. The standard InChI is InChI=1S/C46H40N2/c1-45(2,34-14-7-5-8-15-34)36-21-25-38(26-22-36)47-41-30-33-19-18-31-12-11-13-32-20-29-40(43(33)42(31)32)44(41)48-39-27-23-37(24-28-39)46(3,4)35-16-9-6-10-17-35/h5-30,47-48H,1-4H3. The fraction of sp³-hybridized carbons (Fsp3) is 0.130. The van der Waals surface area contributed by atoms with E-state index in [1.54, 1.807) is 0 Å². The molecule has 8 aromatic carbocycles. The van der Waals surface area contributed by atoms with Crippen LogP contribution in [-0.4, -0.2) is 0 Å². The van der Waals surface area contributed by atoms with Gasteiger partial charge in [-0.15, -0.1) is 0 Å². The maximum absolute atomic E-state index is 3.86. The molecule has 0 radical (unpaired) electrons. The monoisotopic (exact) mass is 620 g/mol. The molecule has 0 fully saturated rings. The van der Waals surface area contributed by atoms with E-state index in [1.807, 2.05) is 0 Å². The molecule has 0 aliphatic heterocycles. The molecule has 0 bridgehead atoms. The maximum Gasteiger partial charge on any atom is 0.0703 e. The molecule has 0 amide bonds. The van der Waals surface area contributed by atoms with Crippen LogP contribution in [0, 0.1) is 0 Å². The van der Waals surface area contributed by atoms with Crippen molar-refractivity contribution in [2.24, 2.45) is 0 Å². The van der Waals surface area contributed by atoms with Crippen molar-refractivity contribution < 1.29 is 0 Å². The van der Waals surface area contributed by atoms with Gasteiger partial charge in [-0.1, -0.05) is 155 Å². The van der Waals surface area contributed by atoms with E-state index in [4.69, 9.17) is 0 Å². The maximum atomic E-state index is 3.86. The first-order valence-corrected chi connectivity index (χ1v) is 16.9. The van der Waals surface area contributed by atoms with Crippen molar-refractivity contribution in [1.29, 1.82) is 0 Å². The lowest BCUT2D eigenvalue weighted by Crippen LogP contribution is -2.18. The number of hydrogen-bond donors (Lipinski definition) is 2. The Morgan fingerprint density at radius 1 is 0.375 bits per heavy atom. The highest BCUT2D eigenvalue weighted by atomic mass is 15.0. The average molecular weight is 621 g/mol. The molecule has 0 saturated carbocycles. The molecular formula is C46H40N2. The van der Waals surface area contributed by atoms with E-state index >= 15 is 0 Å². The zero-order valence-corrected chi connectivity index (χ0v) is 28.0. The Morgan fingerprint density at radius 2 is 0.833 bits per heavy atom. The zero-order valence-electron chi connectivity index (χ0n) is 28.0. The lowest BCUT2D eigenvalue weighted by molar-refractivity contribution is 0.641. The van der Waals surface area contributed by atoms with Gasteiger partial charge in [0.05, 0.1) is 11.4 Å². The van der Waals surface area contributed by atoms with Crippen molar-refractivity contribution in [2.75, 3.05) is 10.6 Å². The van der Waals surface area contributed by atoms with Gasteiger partial charge in [0.25, 0.3) is 0 Å². The van der Waals surface area contributed by atoms with Gasteiger partial charge in [0.2, 0.25) is 0 Å². The van der Waals surface area contributed by atoms with Gasteiger partial charge < -0.3 is 10.6 Å². The van der Waals surface area contributed by atoms with Gasteiger partial charge >= 0.3 is 0 Å². The van der Waals surface area contributed by atoms with Crippen LogP contribution in [0.2, 0.25) is 0 Å². The Kier molecular flexibility index (Phi) is 7.18. The fourth-order valence-corrected chi connectivity index (χ4v) is 7.33. The molecule has 0 aromatic heterocycles. The van der Waals surface area contributed by atoms with E-state index in [1.165, 1.54) is 54.6 Å². The van der Waals surface area contributed by atoms with E-state index in [0.717, 1.165) is 22.7 Å². The van der Waals surface area contributed by atoms with Crippen LogP contribution in [0.5, 0.6) is 0 Å². The van der Waals surface area contributed by atoms with Crippen LogP contribution in [0.4, 0.5) is 22.7 Å². The first kappa shape index (κ1) is 29.8. The second-order valence-corrected chi connectivity index (χ2v) is 14.0. The van der Waals surface area contributed by atoms with E-state index in [9.17, 15) is 0 Å². The Bertz CT molecular complexity index is 2340. The molecule has 0 spiro atoms. The summed E-state index contributed by atoms with van der Waals surface area (Å²) in [6, 6.07) is 57.2. The van der Waals surface area contributed by atoms with Crippen molar-refractivity contribution >= 4 is 55.1 Å². The van der Waals surface area contributed by atoms with Gasteiger partial charge in [0.15, 0.2) is 0 Å². The Hall–Kier alpha value is -5.60. The van der Waals surface area contributed by atoms with Crippen LogP contribution in [-0.2, 0) is 10.8 Å². The highest BCUT2D eigenvalue weighted by Crippen LogP contribution is 2.44. The number of anilines is 4. The molecule has 2 nitrogen and oxygen atoms in total. The molecule has 0 atom stereocenters. The van der Waals surface area contributed by atoms with Crippen LogP contribution in [0.3, 0.4) is 0 Å². The van der Waals surface area contributed by atoms with Gasteiger partial charge in [-0.05, 0) is 79.5 Å². The van der Waals surface area contributed by atoms with Gasteiger partial charge in [-0.3, -0.25) is 0 Å². The molecule has 0 saturated heterocycles. The highest BCUT2D eigenvalue weighted by Gasteiger charge is 2.24. The number of rotatable bonds is 8. The summed E-state index contributed by atoms with van der Waals surface area (Å²) in [6.45, 7) is 9.16. The van der Waals surface area contributed by atoms with Gasteiger partial charge in [-0.25, -0.2) is 0 Å². The van der Waals surface area contributed by atoms with Gasteiger partial charge in [0, 0.05) is 27.6 Å². The summed E-state index contributed by atoms with van der Waals surface area (Å²) in [5.41, 5.74) is 9.22. The molecule has 8 aromatic rings. The van der Waals surface area contributed by atoms with Crippen molar-refractivity contribution in [1.82, 2.24) is 0 Å². The number of hydrogen-bond acceptors (Lipinski definition) is 2. The minimum absolute atomic E-state index is 0.0928. The minimum atomic E-state index is -0.0965. The summed E-state index contributed by atoms with van der Waals surface area (Å²) in [4.78, 5) is 0. The second kappa shape index (κ2) is 11.6. The third-order valence-electron chi connectivity index (χ3n) is 10.4. The largest absolute Gasteiger partial charge is 0.354 e. The summed E-state index contributed by atoms with van der Waals surface area (Å²) in [5.74, 6) is 0. The van der Waals surface area contributed by atoms with E-state index in [2.05, 4.69) is 196 Å². The van der Waals surface area contributed by atoms with E-state index < -0.39 is 0 Å². The van der Waals surface area contributed by atoms with Crippen LogP contribution < -0.4 is 10.6 Å². The summed E-state index contributed by atoms with van der Waals surface area (Å²) >= 11 is 0. The van der Waals surface area contributed by atoms with Crippen LogP contribution in [0.15, 0.2) is 158 Å². The molecule has 2 heteroatoms. The molecule has 0 unspecified atom stereocenters. The third kappa shape index (κ3) is 5.15. The fourth-order valence-electron chi connectivity index (χ4n) is 7.33. The molecule has 0 aliphatic rings. The van der Waals surface area contributed by atoms with E-state index in [-0.39, 0.29) is 10.8 Å². The van der Waals surface area contributed by atoms with Crippen molar-refractivity contribution in [3.63, 3.8) is 0 Å². The zero-order chi connectivity index (χ0) is 32.9. The van der Waals surface area contributed by atoms with Crippen molar-refractivity contribution in [3.8, 4) is 0 Å². The third-order valence-corrected chi connectivity index (χ3v) is 10.4. The van der Waals surface area contributed by atoms with Crippen LogP contribution in [0.25, 0.3) is 32.3 Å². The Balaban J connectivity index is 1.20. The predicted octanol–water partition coefficient (Wildman–Crippen LogP) is 12.7. The lowest BCUT2D eigenvalue weighted by atomic mass is 9.78. The normalized spacial score (nSPS) is 12.2. The predicted molar refractivity (Wildman–Crippen MR) is 207 cm³/mol. The van der Waals surface area contributed by atoms with Crippen molar-refractivity contribution in [3.05, 3.63) is 180 Å². The van der Waals surface area contributed by atoms with E-state index in [0.29, 0.717) is 0 Å². The number of benzene rings is 8. The minimum Gasteiger partial charge on any atom is -0.354 e. The Morgan fingerprint density at radius 3 is 1.38 bits per heavy atom. The molecular weight excluding hydrogens is 581 g/mol. The second-order valence-electron chi connectivity index (χ2n) is 14.0. The molecule has 8 rings (SSSR count). The smallest absolute Gasteiger partial charge is 0.0703 e. The average Bonchev–Trinajstić information content (AvgIpc) is 3.13. The summed E-state index contributed by atoms with van der Waals surface area (Å²) in [5, 5.41) is 15.2. The molecule has 0 aliphatic carbocycles. The molecule has 2 N–H and O–H groups in total.